The Balaban J connectivity index is 2.64. The maximum Gasteiger partial charge on any atom is 0.251 e. The van der Waals surface area contributed by atoms with Crippen LogP contribution < -0.4 is 16.8 Å². The van der Waals surface area contributed by atoms with Crippen molar-refractivity contribution in [2.75, 3.05) is 12.3 Å². The van der Waals surface area contributed by atoms with Crippen LogP contribution in [0.4, 0.5) is 5.82 Å². The van der Waals surface area contributed by atoms with E-state index in [2.05, 4.69) is 10.3 Å². The average molecular weight is 264 g/mol. The van der Waals surface area contributed by atoms with Gasteiger partial charge in [0.05, 0.1) is 0 Å². The molecule has 6 heteroatoms. The molecule has 104 valence electrons. The molecule has 1 rings (SSSR count). The highest BCUT2D eigenvalue weighted by atomic mass is 16.2. The second kappa shape index (κ2) is 6.72. The number of hydrogen-bond donors (Lipinski definition) is 3. The van der Waals surface area contributed by atoms with Gasteiger partial charge in [-0.05, 0) is 24.5 Å². The summed E-state index contributed by atoms with van der Waals surface area (Å²) in [6.45, 7) is 4.37. The van der Waals surface area contributed by atoms with Crippen LogP contribution in [0.15, 0.2) is 12.1 Å². The summed E-state index contributed by atoms with van der Waals surface area (Å²) in [5.41, 5.74) is 12.0. The summed E-state index contributed by atoms with van der Waals surface area (Å²) >= 11 is 0. The number of carbonyl (C=O) groups excluding carboxylic acids is 2. The van der Waals surface area contributed by atoms with Crippen LogP contribution in [-0.2, 0) is 4.79 Å². The number of rotatable bonds is 6. The molecular weight excluding hydrogens is 244 g/mol. The summed E-state index contributed by atoms with van der Waals surface area (Å²) in [5.74, 6) is -0.0663. The van der Waals surface area contributed by atoms with Gasteiger partial charge in [-0.1, -0.05) is 13.8 Å². The van der Waals surface area contributed by atoms with Gasteiger partial charge in [0.1, 0.15) is 5.82 Å². The molecule has 19 heavy (non-hydrogen) atoms. The predicted molar refractivity (Wildman–Crippen MR) is 73.5 cm³/mol. The van der Waals surface area contributed by atoms with Crippen molar-refractivity contribution in [1.29, 1.82) is 0 Å². The number of aromatic nitrogens is 1. The predicted octanol–water partition coefficient (Wildman–Crippen LogP) is 0.783. The molecule has 0 aliphatic heterocycles. The van der Waals surface area contributed by atoms with Crippen molar-refractivity contribution in [3.05, 3.63) is 23.4 Å². The van der Waals surface area contributed by atoms with Crippen LogP contribution in [0, 0.1) is 0 Å². The molecule has 0 fully saturated rings. The number of pyridine rings is 1. The van der Waals surface area contributed by atoms with Crippen LogP contribution >= 0.6 is 0 Å². The molecule has 5 N–H and O–H groups in total. The largest absolute Gasteiger partial charge is 0.384 e. The smallest absolute Gasteiger partial charge is 0.251 e. The monoisotopic (exact) mass is 264 g/mol. The number of hydrogen-bond acceptors (Lipinski definition) is 4. The SMILES string of the molecule is CC(C)c1cc(C(=O)NCCCC(N)=O)cc(N)n1. The van der Waals surface area contributed by atoms with Gasteiger partial charge in [0.25, 0.3) is 5.91 Å². The first-order chi connectivity index (χ1) is 8.90. The Bertz CT molecular complexity index is 472. The number of anilines is 1. The molecule has 2 amide bonds. The van der Waals surface area contributed by atoms with Gasteiger partial charge in [0.2, 0.25) is 5.91 Å². The fourth-order valence-corrected chi connectivity index (χ4v) is 1.57. The van der Waals surface area contributed by atoms with Gasteiger partial charge >= 0.3 is 0 Å². The van der Waals surface area contributed by atoms with E-state index >= 15 is 0 Å². The van der Waals surface area contributed by atoms with E-state index in [0.717, 1.165) is 5.69 Å². The van der Waals surface area contributed by atoms with Gasteiger partial charge in [-0.25, -0.2) is 4.98 Å². The average Bonchev–Trinajstić information content (AvgIpc) is 2.33. The molecule has 0 radical (unpaired) electrons. The Morgan fingerprint density at radius 3 is 2.63 bits per heavy atom. The lowest BCUT2D eigenvalue weighted by Gasteiger charge is -2.09. The van der Waals surface area contributed by atoms with Crippen LogP contribution in [0.2, 0.25) is 0 Å². The van der Waals surface area contributed by atoms with Crippen molar-refractivity contribution in [3.63, 3.8) is 0 Å². The quantitative estimate of drug-likeness (QED) is 0.659. The molecule has 0 spiro atoms. The summed E-state index contributed by atoms with van der Waals surface area (Å²) in [6.07, 6.45) is 0.786. The standard InChI is InChI=1S/C13H20N4O2/c1-8(2)10-6-9(7-11(14)17-10)13(19)16-5-3-4-12(15)18/h6-8H,3-5H2,1-2H3,(H2,14,17)(H2,15,18)(H,16,19). The molecule has 1 aromatic heterocycles. The fourth-order valence-electron chi connectivity index (χ4n) is 1.57. The molecule has 0 unspecified atom stereocenters. The van der Waals surface area contributed by atoms with E-state index in [-0.39, 0.29) is 24.2 Å². The first-order valence-corrected chi connectivity index (χ1v) is 6.24. The van der Waals surface area contributed by atoms with Crippen LogP contribution in [-0.4, -0.2) is 23.3 Å². The molecular formula is C13H20N4O2. The molecule has 1 heterocycles. The van der Waals surface area contributed by atoms with E-state index in [0.29, 0.717) is 24.3 Å². The van der Waals surface area contributed by atoms with Gasteiger partial charge in [-0.3, -0.25) is 9.59 Å². The topological polar surface area (TPSA) is 111 Å². The lowest BCUT2D eigenvalue weighted by molar-refractivity contribution is -0.118. The number of nitrogen functional groups attached to an aromatic ring is 1. The van der Waals surface area contributed by atoms with Crippen molar-refractivity contribution in [3.8, 4) is 0 Å². The molecule has 0 aliphatic rings. The zero-order chi connectivity index (χ0) is 14.4. The fraction of sp³-hybridized carbons (Fsp3) is 0.462. The highest BCUT2D eigenvalue weighted by Gasteiger charge is 2.10. The molecule has 0 aromatic carbocycles. The summed E-state index contributed by atoms with van der Waals surface area (Å²) in [6, 6.07) is 3.26. The first kappa shape index (κ1) is 14.9. The maximum atomic E-state index is 11.9. The number of amides is 2. The lowest BCUT2D eigenvalue weighted by Crippen LogP contribution is -2.26. The maximum absolute atomic E-state index is 11.9. The summed E-state index contributed by atoms with van der Waals surface area (Å²) in [7, 11) is 0. The summed E-state index contributed by atoms with van der Waals surface area (Å²) in [4.78, 5) is 26.6. The van der Waals surface area contributed by atoms with Crippen LogP contribution in [0.3, 0.4) is 0 Å². The highest BCUT2D eigenvalue weighted by molar-refractivity contribution is 5.94. The van der Waals surface area contributed by atoms with E-state index in [9.17, 15) is 9.59 Å². The van der Waals surface area contributed by atoms with E-state index in [1.165, 1.54) is 6.07 Å². The third-order valence-corrected chi connectivity index (χ3v) is 2.60. The number of nitrogens with zero attached hydrogens (tertiary/aromatic N) is 1. The Labute approximate surface area is 112 Å². The minimum Gasteiger partial charge on any atom is -0.384 e. The Morgan fingerprint density at radius 2 is 2.05 bits per heavy atom. The Kier molecular flexibility index (Phi) is 5.29. The van der Waals surface area contributed by atoms with Crippen molar-refractivity contribution in [2.45, 2.75) is 32.6 Å². The third-order valence-electron chi connectivity index (χ3n) is 2.60. The van der Waals surface area contributed by atoms with Gasteiger partial charge in [0, 0.05) is 24.2 Å². The second-order valence-electron chi connectivity index (χ2n) is 4.69. The molecule has 1 aromatic rings. The Hall–Kier alpha value is -2.11. The van der Waals surface area contributed by atoms with E-state index < -0.39 is 0 Å². The number of carbonyl (C=O) groups is 2. The molecule has 6 nitrogen and oxygen atoms in total. The molecule has 0 atom stereocenters. The minimum absolute atomic E-state index is 0.199. The summed E-state index contributed by atoms with van der Waals surface area (Å²) in [5, 5.41) is 2.72. The van der Waals surface area contributed by atoms with Gasteiger partial charge in [-0.2, -0.15) is 0 Å². The van der Waals surface area contributed by atoms with Gasteiger partial charge < -0.3 is 16.8 Å². The zero-order valence-corrected chi connectivity index (χ0v) is 11.3. The molecule has 0 aliphatic carbocycles. The summed E-state index contributed by atoms with van der Waals surface area (Å²) < 4.78 is 0. The highest BCUT2D eigenvalue weighted by Crippen LogP contribution is 2.15. The normalized spacial score (nSPS) is 10.5. The van der Waals surface area contributed by atoms with E-state index in [1.807, 2.05) is 13.8 Å². The molecule has 0 saturated carbocycles. The van der Waals surface area contributed by atoms with E-state index in [1.54, 1.807) is 6.07 Å². The molecule has 0 saturated heterocycles. The van der Waals surface area contributed by atoms with Crippen molar-refractivity contribution >= 4 is 17.6 Å². The number of primary amides is 1. The third kappa shape index (κ3) is 4.95. The Morgan fingerprint density at radius 1 is 1.37 bits per heavy atom. The molecule has 0 bridgehead atoms. The number of nitrogens with one attached hydrogen (secondary N) is 1. The van der Waals surface area contributed by atoms with Crippen LogP contribution in [0.5, 0.6) is 0 Å². The van der Waals surface area contributed by atoms with Crippen molar-refractivity contribution in [1.82, 2.24) is 10.3 Å². The lowest BCUT2D eigenvalue weighted by atomic mass is 10.1. The van der Waals surface area contributed by atoms with Gasteiger partial charge in [-0.15, -0.1) is 0 Å². The minimum atomic E-state index is -0.371. The second-order valence-corrected chi connectivity index (χ2v) is 4.69. The van der Waals surface area contributed by atoms with Crippen molar-refractivity contribution < 1.29 is 9.59 Å². The van der Waals surface area contributed by atoms with Crippen molar-refractivity contribution in [2.24, 2.45) is 5.73 Å². The first-order valence-electron chi connectivity index (χ1n) is 6.24. The van der Waals surface area contributed by atoms with Crippen LogP contribution in [0.1, 0.15) is 48.7 Å². The number of nitrogens with two attached hydrogens (primary N) is 2. The van der Waals surface area contributed by atoms with E-state index in [4.69, 9.17) is 11.5 Å². The van der Waals surface area contributed by atoms with Gasteiger partial charge in [0.15, 0.2) is 0 Å². The zero-order valence-electron chi connectivity index (χ0n) is 11.3. The van der Waals surface area contributed by atoms with Crippen LogP contribution in [0.25, 0.3) is 0 Å².